The standard InChI is InChI=1S/C30H27ClO6S2/c1-20-15-26(9-12-29(20)37-19-30(32)33)38-27-17-23(22-5-10-28(11-6-22)39(2,34)35)16-25(18-27)36-14-13-21-3-7-24(31)8-4-21/h3-12,15-18H,13-14,19H2,1-2H3,(H,32,33). The summed E-state index contributed by atoms with van der Waals surface area (Å²) >= 11 is 7.52. The minimum atomic E-state index is -3.30. The highest BCUT2D eigenvalue weighted by Crippen LogP contribution is 2.36. The molecule has 0 aromatic heterocycles. The van der Waals surface area contributed by atoms with Crippen LogP contribution in [0.4, 0.5) is 0 Å². The lowest BCUT2D eigenvalue weighted by Crippen LogP contribution is -2.09. The molecule has 4 rings (SSSR count). The SMILES string of the molecule is Cc1cc(Sc2cc(OCCc3ccc(Cl)cc3)cc(-c3ccc(S(C)(=O)=O)cc3)c2)ccc1OCC(=O)O. The van der Waals surface area contributed by atoms with Crippen molar-refractivity contribution in [1.29, 1.82) is 0 Å². The molecule has 39 heavy (non-hydrogen) atoms. The van der Waals surface area contributed by atoms with Crippen molar-refractivity contribution in [2.75, 3.05) is 19.5 Å². The van der Waals surface area contributed by atoms with Gasteiger partial charge in [-0.05, 0) is 89.8 Å². The first-order chi connectivity index (χ1) is 18.6. The molecule has 6 nitrogen and oxygen atoms in total. The van der Waals surface area contributed by atoms with Crippen molar-refractivity contribution in [2.24, 2.45) is 0 Å². The smallest absolute Gasteiger partial charge is 0.341 e. The van der Waals surface area contributed by atoms with Gasteiger partial charge in [0.1, 0.15) is 11.5 Å². The van der Waals surface area contributed by atoms with E-state index in [-0.39, 0.29) is 4.90 Å². The number of sulfone groups is 1. The van der Waals surface area contributed by atoms with Crippen LogP contribution in [0, 0.1) is 6.92 Å². The Hall–Kier alpha value is -3.46. The minimum Gasteiger partial charge on any atom is -0.493 e. The number of hydrogen-bond acceptors (Lipinski definition) is 6. The molecule has 4 aromatic carbocycles. The Kier molecular flexibility index (Phi) is 9.22. The van der Waals surface area contributed by atoms with Crippen LogP contribution in [0.3, 0.4) is 0 Å². The van der Waals surface area contributed by atoms with Gasteiger partial charge >= 0.3 is 5.97 Å². The molecule has 0 spiro atoms. The molecule has 0 amide bonds. The zero-order chi connectivity index (χ0) is 28.0. The molecule has 0 aliphatic heterocycles. The van der Waals surface area contributed by atoms with Crippen molar-refractivity contribution in [2.45, 2.75) is 28.0 Å². The monoisotopic (exact) mass is 582 g/mol. The van der Waals surface area contributed by atoms with Gasteiger partial charge in [-0.15, -0.1) is 0 Å². The molecule has 0 aliphatic rings. The van der Waals surface area contributed by atoms with Gasteiger partial charge in [0.25, 0.3) is 0 Å². The number of halogens is 1. The highest BCUT2D eigenvalue weighted by molar-refractivity contribution is 7.99. The number of aliphatic carboxylic acids is 1. The first kappa shape index (κ1) is 28.5. The van der Waals surface area contributed by atoms with Crippen LogP contribution in [0.25, 0.3) is 11.1 Å². The van der Waals surface area contributed by atoms with Crippen LogP contribution < -0.4 is 9.47 Å². The topological polar surface area (TPSA) is 89.9 Å². The largest absolute Gasteiger partial charge is 0.493 e. The molecule has 202 valence electrons. The van der Waals surface area contributed by atoms with Gasteiger partial charge in [-0.25, -0.2) is 13.2 Å². The normalized spacial score (nSPS) is 11.3. The van der Waals surface area contributed by atoms with Crippen molar-refractivity contribution < 1.29 is 27.8 Å². The van der Waals surface area contributed by atoms with Crippen LogP contribution in [0.5, 0.6) is 11.5 Å². The van der Waals surface area contributed by atoms with Crippen LogP contribution in [-0.2, 0) is 21.1 Å². The second kappa shape index (κ2) is 12.6. The number of hydrogen-bond donors (Lipinski definition) is 1. The summed E-state index contributed by atoms with van der Waals surface area (Å²) in [6.45, 7) is 1.94. The molecule has 9 heteroatoms. The Balaban J connectivity index is 1.59. The molecule has 0 saturated heterocycles. The van der Waals surface area contributed by atoms with E-state index >= 15 is 0 Å². The number of carbonyl (C=O) groups is 1. The Morgan fingerprint density at radius 1 is 0.872 bits per heavy atom. The number of ether oxygens (including phenoxy) is 2. The van der Waals surface area contributed by atoms with E-state index in [1.165, 1.54) is 18.0 Å². The third-order valence-corrected chi connectivity index (χ3v) is 8.14. The van der Waals surface area contributed by atoms with E-state index in [9.17, 15) is 13.2 Å². The van der Waals surface area contributed by atoms with Gasteiger partial charge in [-0.3, -0.25) is 0 Å². The number of aryl methyl sites for hydroxylation is 1. The summed E-state index contributed by atoms with van der Waals surface area (Å²) in [5.41, 5.74) is 3.69. The first-order valence-corrected chi connectivity index (χ1v) is 15.1. The van der Waals surface area contributed by atoms with E-state index < -0.39 is 22.4 Å². The molecule has 0 atom stereocenters. The van der Waals surface area contributed by atoms with Crippen molar-refractivity contribution in [3.8, 4) is 22.6 Å². The quantitative estimate of drug-likeness (QED) is 0.204. The molecule has 0 fully saturated rings. The van der Waals surface area contributed by atoms with E-state index in [0.29, 0.717) is 29.5 Å². The molecular weight excluding hydrogens is 556 g/mol. The number of carboxylic acids is 1. The fourth-order valence-corrected chi connectivity index (χ4v) is 5.60. The summed E-state index contributed by atoms with van der Waals surface area (Å²) in [6.07, 6.45) is 1.90. The minimum absolute atomic E-state index is 0.261. The third-order valence-electron chi connectivity index (χ3n) is 5.80. The highest BCUT2D eigenvalue weighted by atomic mass is 35.5. The fraction of sp³-hybridized carbons (Fsp3) is 0.167. The Morgan fingerprint density at radius 2 is 1.59 bits per heavy atom. The van der Waals surface area contributed by atoms with E-state index in [1.807, 2.05) is 61.5 Å². The summed E-state index contributed by atoms with van der Waals surface area (Å²) in [5, 5.41) is 9.56. The maximum Gasteiger partial charge on any atom is 0.341 e. The Bertz CT molecular complexity index is 1570. The lowest BCUT2D eigenvalue weighted by atomic mass is 10.1. The van der Waals surface area contributed by atoms with Gasteiger partial charge < -0.3 is 14.6 Å². The van der Waals surface area contributed by atoms with Crippen molar-refractivity contribution in [3.05, 3.63) is 101 Å². The van der Waals surface area contributed by atoms with Crippen LogP contribution in [0.1, 0.15) is 11.1 Å². The summed E-state index contributed by atoms with van der Waals surface area (Å²) in [7, 11) is -3.30. The van der Waals surface area contributed by atoms with Crippen LogP contribution in [-0.4, -0.2) is 39.0 Å². The van der Waals surface area contributed by atoms with E-state index in [0.717, 1.165) is 32.0 Å². The van der Waals surface area contributed by atoms with Gasteiger partial charge in [-0.1, -0.05) is 47.6 Å². The van der Waals surface area contributed by atoms with Crippen molar-refractivity contribution in [1.82, 2.24) is 0 Å². The Morgan fingerprint density at radius 3 is 2.23 bits per heavy atom. The third kappa shape index (κ3) is 8.26. The molecule has 0 bridgehead atoms. The molecule has 0 radical (unpaired) electrons. The summed E-state index contributed by atoms with van der Waals surface area (Å²) in [6, 6.07) is 25.9. The fourth-order valence-electron chi connectivity index (χ4n) is 3.84. The number of benzene rings is 4. The maximum absolute atomic E-state index is 11.9. The van der Waals surface area contributed by atoms with Gasteiger partial charge in [0.05, 0.1) is 11.5 Å². The molecule has 4 aromatic rings. The zero-order valence-electron chi connectivity index (χ0n) is 21.4. The first-order valence-electron chi connectivity index (χ1n) is 12.0. The second-order valence-corrected chi connectivity index (χ2v) is 12.5. The molecule has 0 heterocycles. The second-order valence-electron chi connectivity index (χ2n) is 8.93. The molecule has 1 N–H and O–H groups in total. The molecule has 0 saturated carbocycles. The van der Waals surface area contributed by atoms with E-state index in [4.69, 9.17) is 26.2 Å². The van der Waals surface area contributed by atoms with Crippen molar-refractivity contribution >= 4 is 39.2 Å². The zero-order valence-corrected chi connectivity index (χ0v) is 23.8. The average molecular weight is 583 g/mol. The van der Waals surface area contributed by atoms with Crippen LogP contribution >= 0.6 is 23.4 Å². The number of carboxylic acid groups (broad SMARTS) is 1. The van der Waals surface area contributed by atoms with Crippen LogP contribution in [0.2, 0.25) is 5.02 Å². The van der Waals surface area contributed by atoms with Gasteiger partial charge in [-0.2, -0.15) is 0 Å². The summed E-state index contributed by atoms with van der Waals surface area (Å²) in [4.78, 5) is 13.0. The lowest BCUT2D eigenvalue weighted by molar-refractivity contribution is -0.139. The van der Waals surface area contributed by atoms with Gasteiger partial charge in [0.2, 0.25) is 0 Å². The molecule has 0 aliphatic carbocycles. The maximum atomic E-state index is 11.9. The van der Waals surface area contributed by atoms with Gasteiger partial charge in [0, 0.05) is 27.5 Å². The summed E-state index contributed by atoms with van der Waals surface area (Å²) < 4.78 is 35.3. The predicted octanol–water partition coefficient (Wildman–Crippen LogP) is 6.96. The molecular formula is C30H27ClO6S2. The Labute approximate surface area is 237 Å². The molecule has 0 unspecified atom stereocenters. The predicted molar refractivity (Wildman–Crippen MR) is 154 cm³/mol. The lowest BCUT2D eigenvalue weighted by Gasteiger charge is -2.13. The number of rotatable bonds is 11. The van der Waals surface area contributed by atoms with E-state index in [1.54, 1.807) is 30.3 Å². The van der Waals surface area contributed by atoms with E-state index in [2.05, 4.69) is 0 Å². The highest BCUT2D eigenvalue weighted by Gasteiger charge is 2.11. The van der Waals surface area contributed by atoms with Crippen LogP contribution in [0.15, 0.2) is 99.6 Å². The average Bonchev–Trinajstić information content (AvgIpc) is 2.89. The van der Waals surface area contributed by atoms with Crippen molar-refractivity contribution in [3.63, 3.8) is 0 Å². The summed E-state index contributed by atoms with van der Waals surface area (Å²) in [5.74, 6) is 0.180. The van der Waals surface area contributed by atoms with Gasteiger partial charge in [0.15, 0.2) is 16.4 Å².